The summed E-state index contributed by atoms with van der Waals surface area (Å²) in [5, 5.41) is 13.1. The first-order chi connectivity index (χ1) is 24.0. The maximum atomic E-state index is 14.2. The van der Waals surface area contributed by atoms with Gasteiger partial charge in [0.2, 0.25) is 11.8 Å². The number of pyridine rings is 1. The van der Waals surface area contributed by atoms with E-state index >= 15 is 0 Å². The molecule has 0 aliphatic rings. The van der Waals surface area contributed by atoms with Gasteiger partial charge in [-0.1, -0.05) is 23.2 Å². The molecule has 260 valence electrons. The first-order valence-corrected chi connectivity index (χ1v) is 15.2. The molecule has 0 atom stereocenters. The molecule has 17 heteroatoms. The van der Waals surface area contributed by atoms with Crippen molar-refractivity contribution in [3.8, 4) is 24.1 Å². The van der Waals surface area contributed by atoms with Gasteiger partial charge < -0.3 is 26.2 Å². The number of rotatable bonds is 12. The molecule has 0 radical (unpaired) electrons. The van der Waals surface area contributed by atoms with Crippen molar-refractivity contribution in [1.82, 2.24) is 20.3 Å². The van der Waals surface area contributed by atoms with E-state index in [0.717, 1.165) is 0 Å². The fourth-order valence-corrected chi connectivity index (χ4v) is 4.83. The molecule has 50 heavy (non-hydrogen) atoms. The number of H-pyrrole nitrogens is 1. The smallest absolute Gasteiger partial charge is 0.411 e. The third-order valence-electron chi connectivity index (χ3n) is 6.64. The number of hydrogen-bond acceptors (Lipinski definition) is 9. The molecule has 0 aliphatic carbocycles. The number of ether oxygens (including phenoxy) is 1. The lowest BCUT2D eigenvalue weighted by Crippen LogP contribution is -2.30. The summed E-state index contributed by atoms with van der Waals surface area (Å²) in [7, 11) is 1.21. The molecule has 0 aliphatic heterocycles. The minimum absolute atomic E-state index is 0.0349. The minimum atomic E-state index is -0.720. The maximum absolute atomic E-state index is 14.2. The Morgan fingerprint density at radius 1 is 1.10 bits per heavy atom. The van der Waals surface area contributed by atoms with E-state index in [-0.39, 0.29) is 41.6 Å². The second-order valence-electron chi connectivity index (χ2n) is 10.1. The number of hydrazone groups is 1. The average molecular weight is 724 g/mol. The molecule has 0 bridgehead atoms. The number of terminal acetylenes is 1. The highest BCUT2D eigenvalue weighted by atomic mass is 35.5. The Balaban J connectivity index is 0.00000332. The normalized spacial score (nSPS) is 10.7. The summed E-state index contributed by atoms with van der Waals surface area (Å²) in [5.41, 5.74) is 3.04. The van der Waals surface area contributed by atoms with Crippen molar-refractivity contribution in [3.63, 3.8) is 0 Å². The number of nitrogens with two attached hydrogens (primary N) is 2. The maximum Gasteiger partial charge on any atom is 0.411 e. The van der Waals surface area contributed by atoms with Crippen molar-refractivity contribution in [1.29, 1.82) is 0 Å². The lowest BCUT2D eigenvalue weighted by molar-refractivity contribution is -0.117. The van der Waals surface area contributed by atoms with Crippen molar-refractivity contribution < 1.29 is 23.5 Å². The number of amides is 3. The van der Waals surface area contributed by atoms with Gasteiger partial charge in [-0.05, 0) is 61.5 Å². The molecule has 2 aromatic carbocycles. The number of aryl methyl sites for hydroxylation is 2. The molecular formula is C33H33Cl2FN10O4. The zero-order chi connectivity index (χ0) is 36.8. The van der Waals surface area contributed by atoms with Gasteiger partial charge >= 0.3 is 6.09 Å². The number of nitrogens with one attached hydrogen (secondary N) is 4. The molecule has 3 amide bonds. The SMILES string of the molecule is C#C.COC(=O)Nc1ccc(-c2nc(CNC(=O)/C=C/c3cc(Cl)ccc3N(N)/C=N\N)[nH]c2Cl)c(NC(=O)CCc2nc(C)ccc2F)c1. The quantitative estimate of drug-likeness (QED) is 0.0286. The molecule has 0 fully saturated rings. The third-order valence-corrected chi connectivity index (χ3v) is 7.15. The van der Waals surface area contributed by atoms with Crippen molar-refractivity contribution >= 4 is 70.6 Å². The lowest BCUT2D eigenvalue weighted by Gasteiger charge is -2.15. The summed E-state index contributed by atoms with van der Waals surface area (Å²) in [6.45, 7) is 1.69. The van der Waals surface area contributed by atoms with Gasteiger partial charge in [0.1, 0.15) is 28.8 Å². The highest BCUT2D eigenvalue weighted by Gasteiger charge is 2.18. The number of methoxy groups -OCH3 is 1. The fraction of sp³-hybridized carbons (Fsp3) is 0.152. The Morgan fingerprint density at radius 2 is 1.86 bits per heavy atom. The van der Waals surface area contributed by atoms with Crippen LogP contribution in [0.2, 0.25) is 10.2 Å². The number of carbonyl (C=O) groups is 3. The zero-order valence-electron chi connectivity index (χ0n) is 26.8. The molecule has 2 heterocycles. The number of hydrazine groups is 1. The van der Waals surface area contributed by atoms with Crippen LogP contribution in [0.15, 0.2) is 59.7 Å². The molecular weight excluding hydrogens is 690 g/mol. The molecule has 2 aromatic heterocycles. The summed E-state index contributed by atoms with van der Waals surface area (Å²) >= 11 is 12.6. The van der Waals surface area contributed by atoms with E-state index in [0.29, 0.717) is 39.0 Å². The Labute approximate surface area is 297 Å². The first kappa shape index (κ1) is 38.5. The number of benzene rings is 2. The Bertz CT molecular complexity index is 1930. The molecule has 8 N–H and O–H groups in total. The topological polar surface area (TPSA) is 206 Å². The zero-order valence-corrected chi connectivity index (χ0v) is 28.3. The molecule has 0 saturated heterocycles. The number of imidazole rings is 1. The van der Waals surface area contributed by atoms with Gasteiger partial charge in [0.15, 0.2) is 0 Å². The number of nitrogens with zero attached hydrogens (tertiary/aromatic N) is 4. The van der Waals surface area contributed by atoms with E-state index in [2.05, 4.69) is 53.6 Å². The van der Waals surface area contributed by atoms with E-state index in [4.69, 9.17) is 34.9 Å². The van der Waals surface area contributed by atoms with Crippen LogP contribution in [0.25, 0.3) is 17.3 Å². The molecule has 4 aromatic rings. The van der Waals surface area contributed by atoms with E-state index in [9.17, 15) is 18.8 Å². The van der Waals surface area contributed by atoms with E-state index in [1.807, 2.05) is 0 Å². The molecule has 4 rings (SSSR count). The summed E-state index contributed by atoms with van der Waals surface area (Å²) in [5.74, 6) is 9.99. The van der Waals surface area contributed by atoms with Gasteiger partial charge in [-0.15, -0.1) is 12.8 Å². The van der Waals surface area contributed by atoms with Gasteiger partial charge in [0.25, 0.3) is 0 Å². The number of aromatic nitrogens is 3. The van der Waals surface area contributed by atoms with Crippen LogP contribution in [0.4, 0.5) is 26.2 Å². The van der Waals surface area contributed by atoms with Gasteiger partial charge in [-0.25, -0.2) is 20.0 Å². The lowest BCUT2D eigenvalue weighted by atomic mass is 10.1. The molecule has 0 unspecified atom stereocenters. The van der Waals surface area contributed by atoms with Crippen molar-refractivity contribution in [2.75, 3.05) is 22.8 Å². The van der Waals surface area contributed by atoms with Crippen LogP contribution in [0.3, 0.4) is 0 Å². The Hall–Kier alpha value is -5.95. The van der Waals surface area contributed by atoms with Crippen LogP contribution in [0.5, 0.6) is 0 Å². The highest BCUT2D eigenvalue weighted by Crippen LogP contribution is 2.34. The third kappa shape index (κ3) is 10.8. The van der Waals surface area contributed by atoms with Crippen LogP contribution in [-0.4, -0.2) is 46.3 Å². The molecule has 14 nitrogen and oxygen atoms in total. The van der Waals surface area contributed by atoms with Crippen molar-refractivity contribution in [2.24, 2.45) is 16.8 Å². The summed E-state index contributed by atoms with van der Waals surface area (Å²) in [6.07, 6.45) is 11.3. The van der Waals surface area contributed by atoms with Crippen LogP contribution in [0.1, 0.15) is 29.2 Å². The van der Waals surface area contributed by atoms with Gasteiger partial charge in [-0.2, -0.15) is 5.10 Å². The second kappa shape index (κ2) is 18.6. The monoisotopic (exact) mass is 722 g/mol. The molecule has 0 saturated carbocycles. The van der Waals surface area contributed by atoms with Crippen LogP contribution in [-0.2, 0) is 27.3 Å². The average Bonchev–Trinajstić information content (AvgIpc) is 3.47. The Kier molecular flexibility index (Phi) is 14.3. The van der Waals surface area contributed by atoms with Gasteiger partial charge in [0, 0.05) is 46.4 Å². The van der Waals surface area contributed by atoms with Crippen LogP contribution < -0.4 is 32.6 Å². The number of carbonyl (C=O) groups excluding carboxylic acids is 3. The number of hydrogen-bond donors (Lipinski definition) is 6. The van der Waals surface area contributed by atoms with Crippen LogP contribution >= 0.6 is 23.2 Å². The number of halogens is 3. The second-order valence-corrected chi connectivity index (χ2v) is 10.9. The van der Waals surface area contributed by atoms with Crippen molar-refractivity contribution in [3.05, 3.63) is 93.4 Å². The van der Waals surface area contributed by atoms with Gasteiger partial charge in [-0.3, -0.25) is 24.9 Å². The number of aromatic amines is 1. The Morgan fingerprint density at radius 3 is 2.58 bits per heavy atom. The predicted molar refractivity (Wildman–Crippen MR) is 193 cm³/mol. The summed E-state index contributed by atoms with van der Waals surface area (Å²) in [4.78, 5) is 49.0. The predicted octanol–water partition coefficient (Wildman–Crippen LogP) is 5.14. The highest BCUT2D eigenvalue weighted by molar-refractivity contribution is 6.32. The van der Waals surface area contributed by atoms with E-state index < -0.39 is 23.7 Å². The largest absolute Gasteiger partial charge is 0.453 e. The van der Waals surface area contributed by atoms with Gasteiger partial charge in [0.05, 0.1) is 30.7 Å². The number of anilines is 3. The molecule has 0 spiro atoms. The first-order valence-electron chi connectivity index (χ1n) is 14.5. The van der Waals surface area contributed by atoms with Crippen LogP contribution in [0, 0.1) is 25.6 Å². The summed E-state index contributed by atoms with van der Waals surface area (Å²) < 4.78 is 18.8. The minimum Gasteiger partial charge on any atom is -0.453 e. The van der Waals surface area contributed by atoms with E-state index in [1.54, 1.807) is 43.3 Å². The summed E-state index contributed by atoms with van der Waals surface area (Å²) in [6, 6.07) is 12.4. The van der Waals surface area contributed by atoms with E-state index in [1.165, 1.54) is 42.7 Å². The van der Waals surface area contributed by atoms with Crippen molar-refractivity contribution in [2.45, 2.75) is 26.3 Å². The standard InChI is InChI=1S/C31H31Cl2FN10O4.C2H2/c1-17-3-8-22(34)23(39-17)9-12-28(46)41-24-14-20(40-31(47)48-2)6-7-21(24)29-30(33)43-26(42-29)15-37-27(45)11-4-18-13-19(32)5-10-25(18)44(36)16-38-35;1-2/h3-8,10-11,13-14,16H,9,12,15,35-36H2,1-2H3,(H,37,45)(H,40,47)(H,41,46)(H,42,43);1-2H/b11-4+,38-16-;. The fourth-order valence-electron chi connectivity index (χ4n) is 4.40.